The topological polar surface area (TPSA) is 88.8 Å². The van der Waals surface area contributed by atoms with E-state index in [1.165, 1.54) is 35.0 Å². The number of aromatic amines is 1. The third kappa shape index (κ3) is 3.20. The number of aromatic nitrogens is 2. The minimum absolute atomic E-state index is 0.0238. The highest BCUT2D eigenvalue weighted by atomic mass is 32.1. The monoisotopic (exact) mass is 385 g/mol. The van der Waals surface area contributed by atoms with Gasteiger partial charge in [-0.25, -0.2) is 4.39 Å². The summed E-state index contributed by atoms with van der Waals surface area (Å²) in [6, 6.07) is 10.3. The van der Waals surface area contributed by atoms with Gasteiger partial charge in [-0.1, -0.05) is 0 Å². The number of aliphatic imine (C=N–C) groups is 1. The maximum atomic E-state index is 13.2. The van der Waals surface area contributed by atoms with Gasteiger partial charge in [0, 0.05) is 12.3 Å². The third-order valence-corrected chi connectivity index (χ3v) is 4.19. The van der Waals surface area contributed by atoms with Crippen molar-refractivity contribution in [2.24, 2.45) is 4.99 Å². The number of H-pyrrole nitrogens is 1. The van der Waals surface area contributed by atoms with Gasteiger partial charge in [-0.15, -0.1) is 0 Å². The minimum atomic E-state index is -0.597. The number of nitrogens with one attached hydrogen (secondary N) is 1. The smallest absolute Gasteiger partial charge is 0.264 e. The molecule has 0 aliphatic carbocycles. The van der Waals surface area contributed by atoms with Gasteiger partial charge in [0.15, 0.2) is 16.3 Å². The van der Waals surface area contributed by atoms with Crippen molar-refractivity contribution in [3.8, 4) is 23.1 Å². The highest BCUT2D eigenvalue weighted by Crippen LogP contribution is 2.35. The van der Waals surface area contributed by atoms with Gasteiger partial charge >= 0.3 is 0 Å². The summed E-state index contributed by atoms with van der Waals surface area (Å²) in [5.74, 6) is 0.322. The number of fused-ring (bicyclic) bond motifs is 1. The average Bonchev–Trinajstić information content (AvgIpc) is 3.10. The molecule has 1 aromatic heterocycles. The van der Waals surface area contributed by atoms with Gasteiger partial charge in [-0.3, -0.25) is 19.3 Å². The van der Waals surface area contributed by atoms with Crippen molar-refractivity contribution in [3.05, 3.63) is 69.0 Å². The van der Waals surface area contributed by atoms with E-state index < -0.39 is 17.3 Å². The minimum Gasteiger partial charge on any atom is -0.494 e. The van der Waals surface area contributed by atoms with Crippen LogP contribution in [0.15, 0.2) is 52.3 Å². The van der Waals surface area contributed by atoms with E-state index in [2.05, 4.69) is 9.98 Å². The van der Waals surface area contributed by atoms with Crippen LogP contribution in [0.2, 0.25) is 0 Å². The summed E-state index contributed by atoms with van der Waals surface area (Å²) in [4.78, 5) is 18.9. The second kappa shape index (κ2) is 6.69. The molecule has 0 amide bonds. The van der Waals surface area contributed by atoms with Crippen LogP contribution in [-0.2, 0) is 0 Å². The lowest BCUT2D eigenvalue weighted by Crippen LogP contribution is -2.18. The van der Waals surface area contributed by atoms with Gasteiger partial charge in [-0.05, 0) is 48.6 Å². The van der Waals surface area contributed by atoms with Gasteiger partial charge in [0.25, 0.3) is 5.56 Å². The van der Waals surface area contributed by atoms with Gasteiger partial charge < -0.3 is 14.6 Å². The summed E-state index contributed by atoms with van der Waals surface area (Å²) in [6.07, 6.45) is 1.22. The zero-order chi connectivity index (χ0) is 19.0. The fraction of sp³-hybridized carbons (Fsp3) is 0.0556. The number of rotatable bonds is 3. The molecule has 7 nitrogen and oxygen atoms in total. The molecule has 1 aliphatic rings. The fourth-order valence-electron chi connectivity index (χ4n) is 2.59. The second-order valence-corrected chi connectivity index (χ2v) is 5.99. The molecule has 4 rings (SSSR count). The average molecular weight is 385 g/mol. The van der Waals surface area contributed by atoms with E-state index in [-0.39, 0.29) is 17.1 Å². The van der Waals surface area contributed by atoms with E-state index in [4.69, 9.17) is 21.7 Å². The van der Waals surface area contributed by atoms with Crippen LogP contribution in [-0.4, -0.2) is 27.7 Å². The Morgan fingerprint density at radius 2 is 1.93 bits per heavy atom. The highest BCUT2D eigenvalue weighted by Gasteiger charge is 2.14. The quantitative estimate of drug-likeness (QED) is 0.534. The molecule has 0 radical (unpaired) electrons. The molecule has 0 saturated carbocycles. The Hall–Kier alpha value is -3.46. The Bertz CT molecular complexity index is 1170. The number of aromatic hydroxyl groups is 1. The summed E-state index contributed by atoms with van der Waals surface area (Å²) >= 11 is 5.11. The molecule has 0 atom stereocenters. The fourth-order valence-corrected chi connectivity index (χ4v) is 2.87. The van der Waals surface area contributed by atoms with Crippen LogP contribution in [0.5, 0.6) is 17.4 Å². The molecule has 136 valence electrons. The zero-order valence-electron chi connectivity index (χ0n) is 13.7. The molecule has 0 bridgehead atoms. The first kappa shape index (κ1) is 17.0. The normalized spacial score (nSPS) is 12.6. The highest BCUT2D eigenvalue weighted by molar-refractivity contribution is 7.71. The molecule has 2 heterocycles. The van der Waals surface area contributed by atoms with Crippen LogP contribution in [0.25, 0.3) is 5.69 Å². The van der Waals surface area contributed by atoms with Gasteiger partial charge in [0.1, 0.15) is 11.4 Å². The molecule has 0 fully saturated rings. The van der Waals surface area contributed by atoms with Crippen molar-refractivity contribution < 1.29 is 19.0 Å². The van der Waals surface area contributed by atoms with Crippen molar-refractivity contribution in [3.63, 3.8) is 0 Å². The number of nitrogens with zero attached hydrogens (tertiary/aromatic N) is 2. The summed E-state index contributed by atoms with van der Waals surface area (Å²) in [7, 11) is 0. The molecular formula is C18H12FN3O4S. The number of benzene rings is 2. The maximum absolute atomic E-state index is 13.2. The van der Waals surface area contributed by atoms with Crippen LogP contribution in [0.1, 0.15) is 5.56 Å². The molecule has 2 N–H and O–H groups in total. The molecule has 9 heteroatoms. The van der Waals surface area contributed by atoms with Crippen molar-refractivity contribution in [1.29, 1.82) is 0 Å². The van der Waals surface area contributed by atoms with E-state index in [1.807, 2.05) is 0 Å². The largest absolute Gasteiger partial charge is 0.494 e. The van der Waals surface area contributed by atoms with Crippen LogP contribution in [0.4, 0.5) is 10.1 Å². The predicted molar refractivity (Wildman–Crippen MR) is 98.7 cm³/mol. The summed E-state index contributed by atoms with van der Waals surface area (Å²) in [5.41, 5.74) is 0.215. The number of hydrogen-bond acceptors (Lipinski definition) is 6. The van der Waals surface area contributed by atoms with Crippen LogP contribution >= 0.6 is 12.2 Å². The molecular weight excluding hydrogens is 373 g/mol. The van der Waals surface area contributed by atoms with Crippen LogP contribution in [0.3, 0.4) is 0 Å². The molecule has 0 saturated heterocycles. The van der Waals surface area contributed by atoms with Crippen molar-refractivity contribution in [1.82, 2.24) is 9.55 Å². The lowest BCUT2D eigenvalue weighted by atomic mass is 10.2. The first-order valence-corrected chi connectivity index (χ1v) is 8.22. The Balaban J connectivity index is 1.77. The number of ether oxygens (including phenoxy) is 2. The van der Waals surface area contributed by atoms with Gasteiger partial charge in [0.2, 0.25) is 12.7 Å². The SMILES string of the molecule is O=c1[nH]c(=S)n(-c2ccc(F)cc2)c(O)c1C=Nc1ccc2c(c1)OCO2. The van der Waals surface area contributed by atoms with E-state index >= 15 is 0 Å². The summed E-state index contributed by atoms with van der Waals surface area (Å²) in [6.45, 7) is 0.140. The van der Waals surface area contributed by atoms with Gasteiger partial charge in [0.05, 0.1) is 11.4 Å². The van der Waals surface area contributed by atoms with E-state index in [0.29, 0.717) is 22.9 Å². The Kier molecular flexibility index (Phi) is 4.21. The standard InChI is InChI=1S/C18H12FN3O4S/c19-10-1-4-12(5-2-10)22-17(24)13(16(23)21-18(22)27)8-20-11-3-6-14-15(7-11)26-9-25-14/h1-8,24H,9H2,(H,21,23,27). The molecule has 27 heavy (non-hydrogen) atoms. The second-order valence-electron chi connectivity index (χ2n) is 5.60. The van der Waals surface area contributed by atoms with Crippen LogP contribution < -0.4 is 15.0 Å². The molecule has 0 unspecified atom stereocenters. The first-order chi connectivity index (χ1) is 13.0. The number of hydrogen-bond donors (Lipinski definition) is 2. The van der Waals surface area contributed by atoms with Crippen molar-refractivity contribution in [2.45, 2.75) is 0 Å². The Morgan fingerprint density at radius 3 is 2.70 bits per heavy atom. The predicted octanol–water partition coefficient (Wildman–Crippen LogP) is 3.22. The van der Waals surface area contributed by atoms with E-state index in [0.717, 1.165) is 0 Å². The Morgan fingerprint density at radius 1 is 1.19 bits per heavy atom. The lowest BCUT2D eigenvalue weighted by Gasteiger charge is -2.11. The molecule has 0 spiro atoms. The van der Waals surface area contributed by atoms with Crippen molar-refractivity contribution >= 4 is 24.1 Å². The Labute approximate surface area is 157 Å². The number of halogens is 1. The summed E-state index contributed by atoms with van der Waals surface area (Å²) in [5, 5.41) is 10.6. The lowest BCUT2D eigenvalue weighted by molar-refractivity contribution is 0.174. The summed E-state index contributed by atoms with van der Waals surface area (Å²) < 4.78 is 24.9. The zero-order valence-corrected chi connectivity index (χ0v) is 14.5. The maximum Gasteiger partial charge on any atom is 0.264 e. The van der Waals surface area contributed by atoms with Gasteiger partial charge in [-0.2, -0.15) is 0 Å². The molecule has 3 aromatic rings. The third-order valence-electron chi connectivity index (χ3n) is 3.90. The molecule has 1 aliphatic heterocycles. The van der Waals surface area contributed by atoms with Crippen molar-refractivity contribution in [2.75, 3.05) is 6.79 Å². The van der Waals surface area contributed by atoms with E-state index in [9.17, 15) is 14.3 Å². The van der Waals surface area contributed by atoms with E-state index in [1.54, 1.807) is 18.2 Å². The van der Waals surface area contributed by atoms with Crippen LogP contribution in [0, 0.1) is 10.6 Å². The molecule has 2 aromatic carbocycles. The first-order valence-electron chi connectivity index (χ1n) is 7.81.